The van der Waals surface area contributed by atoms with Crippen LogP contribution < -0.4 is 5.73 Å². The van der Waals surface area contributed by atoms with Gasteiger partial charge in [0.2, 0.25) is 0 Å². The van der Waals surface area contributed by atoms with Crippen LogP contribution in [0.15, 0.2) is 0 Å². The summed E-state index contributed by atoms with van der Waals surface area (Å²) < 4.78 is 5.50. The molecule has 1 aliphatic heterocycles. The van der Waals surface area contributed by atoms with Crippen LogP contribution in [0.25, 0.3) is 0 Å². The van der Waals surface area contributed by atoms with Gasteiger partial charge in [0.05, 0.1) is 12.1 Å². The van der Waals surface area contributed by atoms with Gasteiger partial charge in [-0.25, -0.2) is 0 Å². The number of hydrogen-bond acceptors (Lipinski definition) is 4. The van der Waals surface area contributed by atoms with E-state index in [4.69, 9.17) is 10.5 Å². The summed E-state index contributed by atoms with van der Waals surface area (Å²) in [7, 11) is 6.28. The summed E-state index contributed by atoms with van der Waals surface area (Å²) in [4.78, 5) is 4.98. The van der Waals surface area contributed by atoms with Crippen LogP contribution in [0, 0.1) is 5.92 Å². The second-order valence-electron chi connectivity index (χ2n) is 6.16. The smallest absolute Gasteiger partial charge is 0.0661 e. The second kappa shape index (κ2) is 5.87. The van der Waals surface area contributed by atoms with Gasteiger partial charge in [-0.05, 0) is 58.8 Å². The van der Waals surface area contributed by atoms with Crippen LogP contribution in [0.1, 0.15) is 25.7 Å². The number of piperidine rings is 1. The minimum Gasteiger partial charge on any atom is -0.383 e. The molecule has 4 heteroatoms. The molecule has 2 aliphatic rings. The first kappa shape index (κ1) is 14.3. The standard InChI is InChI=1S/C14H29N3O/c1-16-8-6-13(7-9-16)17(2)14(10-15,11-18-3)12-4-5-12/h12-13H,4-11,15H2,1-3H3. The topological polar surface area (TPSA) is 41.7 Å². The number of likely N-dealkylation sites (tertiary alicyclic amines) is 1. The maximum absolute atomic E-state index is 6.14. The van der Waals surface area contributed by atoms with Crippen LogP contribution in [0.5, 0.6) is 0 Å². The molecule has 106 valence electrons. The molecule has 2 fully saturated rings. The van der Waals surface area contributed by atoms with Crippen molar-refractivity contribution in [3.8, 4) is 0 Å². The van der Waals surface area contributed by atoms with E-state index in [1.165, 1.54) is 38.8 Å². The molecule has 0 aromatic heterocycles. The van der Waals surface area contributed by atoms with Crippen LogP contribution in [0.4, 0.5) is 0 Å². The van der Waals surface area contributed by atoms with Crippen LogP contribution in [-0.2, 0) is 4.74 Å². The van der Waals surface area contributed by atoms with Gasteiger partial charge in [-0.1, -0.05) is 0 Å². The molecular formula is C14H29N3O. The monoisotopic (exact) mass is 255 g/mol. The van der Waals surface area contributed by atoms with Gasteiger partial charge in [-0.2, -0.15) is 0 Å². The number of hydrogen-bond donors (Lipinski definition) is 1. The molecular weight excluding hydrogens is 226 g/mol. The van der Waals surface area contributed by atoms with E-state index in [2.05, 4.69) is 23.9 Å². The quantitative estimate of drug-likeness (QED) is 0.761. The molecule has 1 heterocycles. The highest BCUT2D eigenvalue weighted by molar-refractivity contribution is 5.04. The molecule has 2 rings (SSSR count). The molecule has 1 saturated heterocycles. The lowest BCUT2D eigenvalue weighted by atomic mass is 9.88. The lowest BCUT2D eigenvalue weighted by molar-refractivity contribution is -0.0234. The van der Waals surface area contributed by atoms with Gasteiger partial charge in [0.25, 0.3) is 0 Å². The summed E-state index contributed by atoms with van der Waals surface area (Å²) in [5.41, 5.74) is 6.22. The largest absolute Gasteiger partial charge is 0.383 e. The Morgan fingerprint density at radius 2 is 1.89 bits per heavy atom. The van der Waals surface area contributed by atoms with Crippen molar-refractivity contribution in [1.82, 2.24) is 9.80 Å². The first-order valence-electron chi connectivity index (χ1n) is 7.24. The highest BCUT2D eigenvalue weighted by Gasteiger charge is 2.49. The fraction of sp³-hybridized carbons (Fsp3) is 1.00. The van der Waals surface area contributed by atoms with Crippen molar-refractivity contribution in [2.75, 3.05) is 47.4 Å². The number of methoxy groups -OCH3 is 1. The lowest BCUT2D eigenvalue weighted by Gasteiger charge is -2.47. The van der Waals surface area contributed by atoms with Crippen molar-refractivity contribution < 1.29 is 4.74 Å². The molecule has 0 bridgehead atoms. The van der Waals surface area contributed by atoms with Gasteiger partial charge in [0.15, 0.2) is 0 Å². The third-order valence-corrected chi connectivity index (χ3v) is 5.02. The molecule has 0 aromatic carbocycles. The molecule has 2 N–H and O–H groups in total. The molecule has 4 nitrogen and oxygen atoms in total. The third kappa shape index (κ3) is 2.72. The van der Waals surface area contributed by atoms with Gasteiger partial charge in [0, 0.05) is 19.7 Å². The Balaban J connectivity index is 2.04. The van der Waals surface area contributed by atoms with E-state index in [1.54, 1.807) is 7.11 Å². The first-order chi connectivity index (χ1) is 8.64. The zero-order valence-electron chi connectivity index (χ0n) is 12.2. The number of ether oxygens (including phenoxy) is 1. The number of likely N-dealkylation sites (N-methyl/N-ethyl adjacent to an activating group) is 1. The van der Waals surface area contributed by atoms with E-state index in [9.17, 15) is 0 Å². The van der Waals surface area contributed by atoms with Crippen LogP contribution in [0.3, 0.4) is 0 Å². The molecule has 0 radical (unpaired) electrons. The SMILES string of the molecule is COCC(CN)(C1CC1)N(C)C1CCN(C)CC1. The van der Waals surface area contributed by atoms with Crippen LogP contribution in [0.2, 0.25) is 0 Å². The lowest BCUT2D eigenvalue weighted by Crippen LogP contribution is -2.61. The second-order valence-corrected chi connectivity index (χ2v) is 6.16. The summed E-state index contributed by atoms with van der Waals surface area (Å²) in [6, 6.07) is 0.667. The van der Waals surface area contributed by atoms with E-state index in [-0.39, 0.29) is 5.54 Å². The average Bonchev–Trinajstić information content (AvgIpc) is 3.21. The summed E-state index contributed by atoms with van der Waals surface area (Å²) in [5.74, 6) is 0.743. The fourth-order valence-corrected chi connectivity index (χ4v) is 3.49. The Bertz CT molecular complexity index is 262. The van der Waals surface area contributed by atoms with Crippen molar-refractivity contribution >= 4 is 0 Å². The minimum absolute atomic E-state index is 0.0787. The van der Waals surface area contributed by atoms with Crippen LogP contribution >= 0.6 is 0 Å². The molecule has 1 aliphatic carbocycles. The Morgan fingerprint density at radius 3 is 2.33 bits per heavy atom. The maximum Gasteiger partial charge on any atom is 0.0661 e. The van der Waals surface area contributed by atoms with Crippen molar-refractivity contribution in [2.24, 2.45) is 11.7 Å². The highest BCUT2D eigenvalue weighted by atomic mass is 16.5. The summed E-state index contributed by atoms with van der Waals surface area (Å²) in [6.45, 7) is 3.89. The average molecular weight is 255 g/mol. The summed E-state index contributed by atoms with van der Waals surface area (Å²) in [5, 5.41) is 0. The van der Waals surface area contributed by atoms with E-state index in [1.807, 2.05) is 0 Å². The van der Waals surface area contributed by atoms with E-state index >= 15 is 0 Å². The fourth-order valence-electron chi connectivity index (χ4n) is 3.49. The molecule has 0 spiro atoms. The molecule has 0 amide bonds. The summed E-state index contributed by atoms with van der Waals surface area (Å²) in [6.07, 6.45) is 5.14. The Hall–Kier alpha value is -0.160. The maximum atomic E-state index is 6.14. The van der Waals surface area contributed by atoms with Gasteiger partial charge < -0.3 is 15.4 Å². The normalized spacial score (nSPS) is 26.5. The molecule has 0 aromatic rings. The van der Waals surface area contributed by atoms with Crippen molar-refractivity contribution in [1.29, 1.82) is 0 Å². The van der Waals surface area contributed by atoms with E-state index in [0.29, 0.717) is 12.6 Å². The Labute approximate surface area is 111 Å². The Kier molecular flexibility index (Phi) is 4.64. The number of nitrogens with zero attached hydrogens (tertiary/aromatic N) is 2. The van der Waals surface area contributed by atoms with Crippen LogP contribution in [-0.4, -0.2) is 68.8 Å². The van der Waals surface area contributed by atoms with E-state index in [0.717, 1.165) is 12.5 Å². The molecule has 18 heavy (non-hydrogen) atoms. The van der Waals surface area contributed by atoms with E-state index < -0.39 is 0 Å². The molecule has 1 unspecified atom stereocenters. The first-order valence-corrected chi connectivity index (χ1v) is 7.24. The number of nitrogens with two attached hydrogens (primary N) is 1. The van der Waals surface area contributed by atoms with Gasteiger partial charge in [0.1, 0.15) is 0 Å². The zero-order chi connectivity index (χ0) is 13.2. The predicted octanol–water partition coefficient (Wildman–Crippen LogP) is 0.766. The van der Waals surface area contributed by atoms with Gasteiger partial charge in [-0.3, -0.25) is 4.90 Å². The predicted molar refractivity (Wildman–Crippen MR) is 74.7 cm³/mol. The third-order valence-electron chi connectivity index (χ3n) is 5.02. The minimum atomic E-state index is 0.0787. The van der Waals surface area contributed by atoms with Crippen molar-refractivity contribution in [3.05, 3.63) is 0 Å². The van der Waals surface area contributed by atoms with Gasteiger partial charge >= 0.3 is 0 Å². The van der Waals surface area contributed by atoms with Crippen molar-refractivity contribution in [3.63, 3.8) is 0 Å². The summed E-state index contributed by atoms with van der Waals surface area (Å²) >= 11 is 0. The molecule has 1 saturated carbocycles. The number of rotatable bonds is 6. The van der Waals surface area contributed by atoms with Gasteiger partial charge in [-0.15, -0.1) is 0 Å². The Morgan fingerprint density at radius 1 is 1.28 bits per heavy atom. The molecule has 1 atom stereocenters. The zero-order valence-corrected chi connectivity index (χ0v) is 12.2. The van der Waals surface area contributed by atoms with Crippen molar-refractivity contribution in [2.45, 2.75) is 37.3 Å². The highest BCUT2D eigenvalue weighted by Crippen LogP contribution is 2.44.